The van der Waals surface area contributed by atoms with Crippen LogP contribution in [0.25, 0.3) is 10.2 Å². The van der Waals surface area contributed by atoms with Crippen LogP contribution in [0.2, 0.25) is 0 Å². The number of hydrogen-bond donors (Lipinski definition) is 1. The number of rotatable bonds is 4. The van der Waals surface area contributed by atoms with Gasteiger partial charge in [0.15, 0.2) is 6.10 Å². The number of carboxylic acids is 1. The van der Waals surface area contributed by atoms with Gasteiger partial charge in [-0.25, -0.2) is 13.8 Å². The van der Waals surface area contributed by atoms with E-state index in [1.807, 2.05) is 0 Å². The van der Waals surface area contributed by atoms with Crippen molar-refractivity contribution in [3.05, 3.63) is 53.0 Å². The van der Waals surface area contributed by atoms with Crippen molar-refractivity contribution in [3.63, 3.8) is 0 Å². The van der Waals surface area contributed by atoms with E-state index in [0.29, 0.717) is 15.2 Å². The van der Waals surface area contributed by atoms with Crippen LogP contribution in [0.3, 0.4) is 0 Å². The zero-order valence-corrected chi connectivity index (χ0v) is 14.5. The van der Waals surface area contributed by atoms with Crippen molar-refractivity contribution >= 4 is 39.1 Å². The summed E-state index contributed by atoms with van der Waals surface area (Å²) in [6.07, 6.45) is -1.76. The number of amides is 1. The van der Waals surface area contributed by atoms with Gasteiger partial charge in [0.1, 0.15) is 22.4 Å². The molecular weight excluding hydrogens is 378 g/mol. The molecule has 9 heteroatoms. The molecule has 1 aliphatic rings. The number of halogens is 2. The maximum absolute atomic E-state index is 13.9. The monoisotopic (exact) mass is 390 g/mol. The summed E-state index contributed by atoms with van der Waals surface area (Å²) in [5.41, 5.74) is 0.638. The molecule has 0 bridgehead atoms. The molecule has 1 N–H and O–H groups in total. The van der Waals surface area contributed by atoms with Crippen molar-refractivity contribution in [2.75, 3.05) is 4.90 Å². The van der Waals surface area contributed by atoms with Crippen molar-refractivity contribution in [2.24, 2.45) is 0 Å². The molecule has 138 valence electrons. The lowest BCUT2D eigenvalue weighted by Gasteiger charge is -2.33. The molecule has 0 saturated heterocycles. The number of aromatic nitrogens is 1. The van der Waals surface area contributed by atoms with Crippen LogP contribution in [0.4, 0.5) is 14.5 Å². The lowest BCUT2D eigenvalue weighted by Crippen LogP contribution is -2.46. The highest BCUT2D eigenvalue weighted by Gasteiger charge is 2.36. The van der Waals surface area contributed by atoms with Crippen molar-refractivity contribution in [1.82, 2.24) is 4.98 Å². The molecule has 1 aliphatic heterocycles. The normalized spacial score (nSPS) is 16.3. The Morgan fingerprint density at radius 1 is 1.30 bits per heavy atom. The molecule has 6 nitrogen and oxygen atoms in total. The van der Waals surface area contributed by atoms with Gasteiger partial charge in [-0.2, -0.15) is 0 Å². The number of ether oxygens (including phenoxy) is 1. The first-order valence-electron chi connectivity index (χ1n) is 7.95. The number of benzene rings is 2. The quantitative estimate of drug-likeness (QED) is 0.739. The second kappa shape index (κ2) is 6.58. The van der Waals surface area contributed by atoms with Crippen LogP contribution in [0.5, 0.6) is 5.75 Å². The SMILES string of the molecule is O=C(O)CC1Oc2ccc(F)cc2N(Cc2nc3cccc(F)c3s2)C1=O. The molecule has 0 spiro atoms. The number of aliphatic carboxylic acids is 1. The van der Waals surface area contributed by atoms with Crippen LogP contribution in [-0.4, -0.2) is 28.1 Å². The van der Waals surface area contributed by atoms with Gasteiger partial charge < -0.3 is 9.84 Å². The summed E-state index contributed by atoms with van der Waals surface area (Å²) in [6.45, 7) is -0.0481. The number of thiazole rings is 1. The van der Waals surface area contributed by atoms with Crippen molar-refractivity contribution in [2.45, 2.75) is 19.1 Å². The molecule has 27 heavy (non-hydrogen) atoms. The fraction of sp³-hybridized carbons (Fsp3) is 0.167. The van der Waals surface area contributed by atoms with Crippen molar-refractivity contribution in [1.29, 1.82) is 0 Å². The highest BCUT2D eigenvalue weighted by Crippen LogP contribution is 2.37. The Kier molecular flexibility index (Phi) is 4.23. The second-order valence-corrected chi connectivity index (χ2v) is 7.02. The highest BCUT2D eigenvalue weighted by atomic mass is 32.1. The molecule has 0 saturated carbocycles. The predicted octanol–water partition coefficient (Wildman–Crippen LogP) is 3.34. The number of anilines is 1. The number of hydrogen-bond acceptors (Lipinski definition) is 5. The largest absolute Gasteiger partial charge is 0.481 e. The molecule has 2 heterocycles. The first-order valence-corrected chi connectivity index (χ1v) is 8.77. The summed E-state index contributed by atoms with van der Waals surface area (Å²) in [5.74, 6) is -2.59. The van der Waals surface area contributed by atoms with Crippen LogP contribution < -0.4 is 9.64 Å². The molecule has 1 aromatic heterocycles. The molecule has 3 aromatic rings. The van der Waals surface area contributed by atoms with Gasteiger partial charge in [0.2, 0.25) is 0 Å². The Morgan fingerprint density at radius 3 is 2.85 bits per heavy atom. The summed E-state index contributed by atoms with van der Waals surface area (Å²) in [6, 6.07) is 8.15. The standard InChI is InChI=1S/C18H12F2N2O4S/c19-9-4-5-13-12(6-9)22(18(25)14(26-13)7-16(23)24)8-15-21-11-3-1-2-10(20)17(11)27-15/h1-6,14H,7-8H2,(H,23,24). The summed E-state index contributed by atoms with van der Waals surface area (Å²) in [7, 11) is 0. The zero-order valence-electron chi connectivity index (χ0n) is 13.7. The fourth-order valence-electron chi connectivity index (χ4n) is 2.91. The van der Waals surface area contributed by atoms with Crippen molar-refractivity contribution in [3.8, 4) is 5.75 Å². The van der Waals surface area contributed by atoms with E-state index in [1.165, 1.54) is 23.1 Å². The molecule has 1 amide bonds. The van der Waals surface area contributed by atoms with E-state index in [0.717, 1.165) is 23.5 Å². The van der Waals surface area contributed by atoms with Crippen molar-refractivity contribution < 1.29 is 28.2 Å². The summed E-state index contributed by atoms with van der Waals surface area (Å²) >= 11 is 1.08. The molecule has 4 rings (SSSR count). The van der Waals surface area contributed by atoms with E-state index in [1.54, 1.807) is 6.07 Å². The van der Waals surface area contributed by atoms with Gasteiger partial charge in [-0.1, -0.05) is 6.07 Å². The van der Waals surface area contributed by atoms with E-state index in [9.17, 15) is 18.4 Å². The third kappa shape index (κ3) is 3.21. The summed E-state index contributed by atoms with van der Waals surface area (Å²) < 4.78 is 33.4. The Bertz CT molecular complexity index is 1070. The highest BCUT2D eigenvalue weighted by molar-refractivity contribution is 7.18. The second-order valence-electron chi connectivity index (χ2n) is 5.94. The van der Waals surface area contributed by atoms with Gasteiger partial charge in [-0.15, -0.1) is 11.3 Å². The molecule has 0 radical (unpaired) electrons. The minimum Gasteiger partial charge on any atom is -0.481 e. The van der Waals surface area contributed by atoms with Gasteiger partial charge in [-0.3, -0.25) is 14.5 Å². The topological polar surface area (TPSA) is 79.7 Å². The number of carboxylic acid groups (broad SMARTS) is 1. The van der Waals surface area contributed by atoms with Gasteiger partial charge in [-0.05, 0) is 24.3 Å². The van der Waals surface area contributed by atoms with Crippen LogP contribution >= 0.6 is 11.3 Å². The maximum atomic E-state index is 13.9. The van der Waals surface area contributed by atoms with Crippen LogP contribution in [0, 0.1) is 11.6 Å². The first-order chi connectivity index (χ1) is 12.9. The zero-order chi connectivity index (χ0) is 19.1. The van der Waals surface area contributed by atoms with Gasteiger partial charge in [0.05, 0.1) is 28.9 Å². The number of carbonyl (C=O) groups excluding carboxylic acids is 1. The number of fused-ring (bicyclic) bond motifs is 2. The lowest BCUT2D eigenvalue weighted by atomic mass is 10.1. The Labute approximate surface area is 155 Å². The maximum Gasteiger partial charge on any atom is 0.307 e. The Balaban J connectivity index is 1.74. The summed E-state index contributed by atoms with van der Waals surface area (Å²) in [4.78, 5) is 29.3. The van der Waals surface area contributed by atoms with Crippen LogP contribution in [-0.2, 0) is 16.1 Å². The van der Waals surface area contributed by atoms with Crippen LogP contribution in [0.1, 0.15) is 11.4 Å². The Morgan fingerprint density at radius 2 is 2.11 bits per heavy atom. The van der Waals surface area contributed by atoms with E-state index < -0.39 is 36.0 Å². The molecule has 1 atom stereocenters. The van der Waals surface area contributed by atoms with E-state index in [4.69, 9.17) is 9.84 Å². The predicted molar refractivity (Wildman–Crippen MR) is 93.8 cm³/mol. The third-order valence-corrected chi connectivity index (χ3v) is 5.15. The van der Waals surface area contributed by atoms with E-state index in [2.05, 4.69) is 4.98 Å². The minimum atomic E-state index is -1.23. The average Bonchev–Trinajstić information content (AvgIpc) is 3.03. The summed E-state index contributed by atoms with van der Waals surface area (Å²) in [5, 5.41) is 9.45. The molecule has 1 unspecified atom stereocenters. The Hall–Kier alpha value is -3.07. The minimum absolute atomic E-state index is 0.0481. The lowest BCUT2D eigenvalue weighted by molar-refractivity contribution is -0.142. The fourth-order valence-corrected chi connectivity index (χ4v) is 3.87. The third-order valence-electron chi connectivity index (χ3n) is 4.09. The van der Waals surface area contributed by atoms with E-state index in [-0.39, 0.29) is 18.0 Å². The van der Waals surface area contributed by atoms with Gasteiger partial charge in [0, 0.05) is 6.07 Å². The van der Waals surface area contributed by atoms with Gasteiger partial charge >= 0.3 is 5.97 Å². The number of carbonyl (C=O) groups is 2. The molecular formula is C18H12F2N2O4S. The van der Waals surface area contributed by atoms with Gasteiger partial charge in [0.25, 0.3) is 5.91 Å². The molecule has 2 aromatic carbocycles. The first kappa shape index (κ1) is 17.3. The molecule has 0 fully saturated rings. The van der Waals surface area contributed by atoms with Crippen LogP contribution in [0.15, 0.2) is 36.4 Å². The molecule has 0 aliphatic carbocycles. The van der Waals surface area contributed by atoms with E-state index >= 15 is 0 Å². The number of nitrogens with zero attached hydrogens (tertiary/aromatic N) is 2. The average molecular weight is 390 g/mol. The smallest absolute Gasteiger partial charge is 0.307 e.